The second-order valence-electron chi connectivity index (χ2n) is 6.88. The Bertz CT molecular complexity index is 748. The normalized spacial score (nSPS) is 11.1. The maximum Gasteiger partial charge on any atom is 0.264 e. The van der Waals surface area contributed by atoms with Crippen LogP contribution in [0.2, 0.25) is 0 Å². The molecule has 0 aliphatic carbocycles. The number of benzene rings is 1. The van der Waals surface area contributed by atoms with Gasteiger partial charge in [-0.2, -0.15) is 8.42 Å². The van der Waals surface area contributed by atoms with E-state index in [9.17, 15) is 13.2 Å². The predicted molar refractivity (Wildman–Crippen MR) is 114 cm³/mol. The van der Waals surface area contributed by atoms with E-state index in [1.807, 2.05) is 18.2 Å². The number of ether oxygens (including phenoxy) is 2. The van der Waals surface area contributed by atoms with E-state index in [0.717, 1.165) is 44.1 Å². The first kappa shape index (κ1) is 25.0. The van der Waals surface area contributed by atoms with E-state index in [1.165, 1.54) is 6.08 Å². The monoisotopic (exact) mass is 427 g/mol. The molecule has 1 rings (SSSR count). The minimum atomic E-state index is -3.87. The predicted octanol–water partition coefficient (Wildman–Crippen LogP) is 3.49. The van der Waals surface area contributed by atoms with E-state index in [-0.39, 0.29) is 11.7 Å². The van der Waals surface area contributed by atoms with Gasteiger partial charge in [-0.15, -0.1) is 0 Å². The van der Waals surface area contributed by atoms with Gasteiger partial charge >= 0.3 is 0 Å². The van der Waals surface area contributed by atoms with Crippen LogP contribution in [0.15, 0.2) is 30.9 Å². The van der Waals surface area contributed by atoms with Gasteiger partial charge in [-0.1, -0.05) is 31.9 Å². The van der Waals surface area contributed by atoms with E-state index in [1.54, 1.807) is 19.1 Å². The summed E-state index contributed by atoms with van der Waals surface area (Å²) in [6, 6.07) is 5.82. The third-order valence-corrected chi connectivity index (χ3v) is 5.46. The number of amides is 1. The van der Waals surface area contributed by atoms with E-state index in [2.05, 4.69) is 6.58 Å². The van der Waals surface area contributed by atoms with Gasteiger partial charge in [0.2, 0.25) is 5.91 Å². The second-order valence-corrected chi connectivity index (χ2v) is 8.45. The summed E-state index contributed by atoms with van der Waals surface area (Å²) in [6.07, 6.45) is 6.80. The van der Waals surface area contributed by atoms with Crippen molar-refractivity contribution in [2.75, 3.05) is 33.1 Å². The molecule has 1 amide bonds. The van der Waals surface area contributed by atoms with Crippen LogP contribution in [0.4, 0.5) is 0 Å². The molecule has 1 N–H and O–H groups in total. The molecular formula is C21H33NO6S. The Morgan fingerprint density at radius 2 is 1.66 bits per heavy atom. The van der Waals surface area contributed by atoms with E-state index < -0.39 is 10.1 Å². The fraction of sp³-hybridized carbons (Fsp3) is 0.571. The highest BCUT2D eigenvalue weighted by molar-refractivity contribution is 7.85. The fourth-order valence-corrected chi connectivity index (χ4v) is 3.66. The number of hydrogen-bond donors (Lipinski definition) is 1. The van der Waals surface area contributed by atoms with Crippen molar-refractivity contribution in [1.29, 1.82) is 0 Å². The average Bonchev–Trinajstić information content (AvgIpc) is 2.70. The summed E-state index contributed by atoms with van der Waals surface area (Å²) in [4.78, 5) is 13.9. The molecule has 0 aliphatic heterocycles. The third kappa shape index (κ3) is 10.3. The highest BCUT2D eigenvalue weighted by Crippen LogP contribution is 2.28. The first-order valence-electron chi connectivity index (χ1n) is 9.88. The number of carbonyl (C=O) groups excluding carboxylic acids is 1. The van der Waals surface area contributed by atoms with Crippen LogP contribution >= 0.6 is 0 Å². The summed E-state index contributed by atoms with van der Waals surface area (Å²) in [5.41, 5.74) is 1.12. The van der Waals surface area contributed by atoms with Crippen LogP contribution in [-0.2, 0) is 21.3 Å². The van der Waals surface area contributed by atoms with Gasteiger partial charge in [-0.25, -0.2) is 0 Å². The lowest BCUT2D eigenvalue weighted by Gasteiger charge is -2.21. The Morgan fingerprint density at radius 3 is 2.28 bits per heavy atom. The number of carbonyl (C=O) groups is 1. The first-order chi connectivity index (χ1) is 13.8. The molecule has 8 heteroatoms. The molecule has 1 aromatic carbocycles. The summed E-state index contributed by atoms with van der Waals surface area (Å²) >= 11 is 0. The van der Waals surface area contributed by atoms with Crippen molar-refractivity contribution in [3.8, 4) is 11.5 Å². The quantitative estimate of drug-likeness (QED) is 0.262. The van der Waals surface area contributed by atoms with Crippen molar-refractivity contribution >= 4 is 16.0 Å². The lowest BCUT2D eigenvalue weighted by molar-refractivity contribution is -0.126. The Balaban J connectivity index is 2.38. The van der Waals surface area contributed by atoms with Crippen LogP contribution < -0.4 is 9.47 Å². The zero-order valence-electron chi connectivity index (χ0n) is 17.4. The van der Waals surface area contributed by atoms with Gasteiger partial charge in [0.15, 0.2) is 11.5 Å². The smallest absolute Gasteiger partial charge is 0.264 e. The molecule has 0 unspecified atom stereocenters. The minimum absolute atomic E-state index is 0.0799. The number of hydrogen-bond acceptors (Lipinski definition) is 5. The van der Waals surface area contributed by atoms with Gasteiger partial charge in [-0.05, 0) is 49.5 Å². The second kappa shape index (κ2) is 13.2. The van der Waals surface area contributed by atoms with Gasteiger partial charge in [0, 0.05) is 13.1 Å². The van der Waals surface area contributed by atoms with Crippen LogP contribution in [0.25, 0.3) is 0 Å². The van der Waals surface area contributed by atoms with E-state index >= 15 is 0 Å². The fourth-order valence-electron chi connectivity index (χ4n) is 3.09. The number of unbranched alkanes of at least 4 members (excludes halogenated alkanes) is 4. The highest BCUT2D eigenvalue weighted by Gasteiger charge is 2.11. The van der Waals surface area contributed by atoms with Gasteiger partial charge in [0.1, 0.15) is 0 Å². The molecule has 0 atom stereocenters. The van der Waals surface area contributed by atoms with Gasteiger partial charge in [-0.3, -0.25) is 9.35 Å². The molecule has 0 aliphatic rings. The van der Waals surface area contributed by atoms with Crippen LogP contribution in [0.1, 0.15) is 44.1 Å². The summed E-state index contributed by atoms with van der Waals surface area (Å²) in [5.74, 6) is 1.11. The van der Waals surface area contributed by atoms with E-state index in [4.69, 9.17) is 14.0 Å². The Labute approximate surface area is 174 Å². The molecule has 0 saturated carbocycles. The van der Waals surface area contributed by atoms with Crippen LogP contribution in [0.5, 0.6) is 11.5 Å². The van der Waals surface area contributed by atoms with Crippen molar-refractivity contribution in [3.63, 3.8) is 0 Å². The molecule has 0 saturated heterocycles. The number of rotatable bonds is 15. The zero-order chi connectivity index (χ0) is 21.7. The molecule has 0 radical (unpaired) electrons. The Hall–Kier alpha value is -2.06. The molecule has 0 fully saturated rings. The van der Waals surface area contributed by atoms with Gasteiger partial charge in [0.05, 0.1) is 20.0 Å². The topological polar surface area (TPSA) is 93.1 Å². The minimum Gasteiger partial charge on any atom is -0.493 e. The molecule has 29 heavy (non-hydrogen) atoms. The van der Waals surface area contributed by atoms with Crippen molar-refractivity contribution in [2.24, 2.45) is 0 Å². The molecule has 1 aromatic rings. The van der Waals surface area contributed by atoms with Crippen molar-refractivity contribution in [3.05, 3.63) is 36.4 Å². The van der Waals surface area contributed by atoms with Crippen LogP contribution in [0.3, 0.4) is 0 Å². The molecule has 0 aromatic heterocycles. The summed E-state index contributed by atoms with van der Waals surface area (Å²) < 4.78 is 40.6. The maximum atomic E-state index is 12.1. The van der Waals surface area contributed by atoms with Crippen molar-refractivity contribution in [1.82, 2.24) is 4.90 Å². The third-order valence-electron chi connectivity index (χ3n) is 4.66. The lowest BCUT2D eigenvalue weighted by Crippen LogP contribution is -2.31. The summed E-state index contributed by atoms with van der Waals surface area (Å²) in [7, 11) is -0.657. The molecule has 7 nitrogen and oxygen atoms in total. The largest absolute Gasteiger partial charge is 0.493 e. The molecular weight excluding hydrogens is 394 g/mol. The average molecular weight is 428 g/mol. The molecule has 0 spiro atoms. The lowest BCUT2D eigenvalue weighted by atomic mass is 10.1. The molecule has 0 heterocycles. The van der Waals surface area contributed by atoms with E-state index in [0.29, 0.717) is 31.0 Å². The molecule has 164 valence electrons. The van der Waals surface area contributed by atoms with Crippen LogP contribution in [0, 0.1) is 0 Å². The van der Waals surface area contributed by atoms with Gasteiger partial charge < -0.3 is 14.4 Å². The van der Waals surface area contributed by atoms with Gasteiger partial charge in [0.25, 0.3) is 10.1 Å². The number of nitrogens with zero attached hydrogens (tertiary/aromatic N) is 1. The highest BCUT2D eigenvalue weighted by atomic mass is 32.2. The number of aryl methyl sites for hydroxylation is 1. The Kier molecular flexibility index (Phi) is 11.4. The first-order valence-corrected chi connectivity index (χ1v) is 11.5. The summed E-state index contributed by atoms with van der Waals surface area (Å²) in [5, 5.41) is 0. The van der Waals surface area contributed by atoms with Crippen molar-refractivity contribution < 1.29 is 27.2 Å². The summed E-state index contributed by atoms with van der Waals surface area (Å²) in [6.45, 7) is 4.87. The standard InChI is InChI=1S/C21H33NO6S/c1-4-21(23)22(14-8-6-5-7-9-16-29(24,25)26)15-10-11-18-12-13-19(27-2)20(17-18)28-3/h4,12-13,17H,1,5-11,14-16H2,2-3H3,(H,24,25,26). The number of methoxy groups -OCH3 is 2. The Morgan fingerprint density at radius 1 is 1.03 bits per heavy atom. The maximum absolute atomic E-state index is 12.1. The van der Waals surface area contributed by atoms with Crippen LogP contribution in [-0.4, -0.2) is 56.8 Å². The van der Waals surface area contributed by atoms with Crippen molar-refractivity contribution in [2.45, 2.75) is 44.9 Å². The zero-order valence-corrected chi connectivity index (χ0v) is 18.2. The molecule has 0 bridgehead atoms. The SMILES string of the molecule is C=CC(=O)N(CCCCCCCS(=O)(=O)O)CCCc1ccc(OC)c(OC)c1.